The van der Waals surface area contributed by atoms with Gasteiger partial charge >= 0.3 is 0 Å². The molecule has 18 heavy (non-hydrogen) atoms. The SMILES string of the molecule is CC(C)c1ccc(C(=O)Cc2nnn(C)n2)cc1. The number of benzene rings is 1. The lowest BCUT2D eigenvalue weighted by Crippen LogP contribution is -2.05. The molecular formula is C13H16N4O. The van der Waals surface area contributed by atoms with Gasteiger partial charge < -0.3 is 0 Å². The summed E-state index contributed by atoms with van der Waals surface area (Å²) in [6, 6.07) is 7.69. The van der Waals surface area contributed by atoms with Crippen molar-refractivity contribution < 1.29 is 4.79 Å². The Morgan fingerprint density at radius 1 is 1.28 bits per heavy atom. The molecule has 1 aromatic heterocycles. The van der Waals surface area contributed by atoms with Crippen molar-refractivity contribution >= 4 is 5.78 Å². The van der Waals surface area contributed by atoms with Gasteiger partial charge in [-0.1, -0.05) is 38.1 Å². The summed E-state index contributed by atoms with van der Waals surface area (Å²) < 4.78 is 0. The molecule has 0 N–H and O–H groups in total. The van der Waals surface area contributed by atoms with Crippen LogP contribution in [0.1, 0.15) is 41.5 Å². The van der Waals surface area contributed by atoms with Crippen molar-refractivity contribution in [2.45, 2.75) is 26.2 Å². The number of nitrogens with zero attached hydrogens (tertiary/aromatic N) is 4. The molecule has 0 aliphatic rings. The lowest BCUT2D eigenvalue weighted by molar-refractivity contribution is 0.0990. The van der Waals surface area contributed by atoms with Crippen molar-refractivity contribution in [1.82, 2.24) is 20.2 Å². The fourth-order valence-electron chi connectivity index (χ4n) is 1.69. The van der Waals surface area contributed by atoms with Gasteiger partial charge in [0, 0.05) is 5.56 Å². The maximum Gasteiger partial charge on any atom is 0.182 e. The Morgan fingerprint density at radius 2 is 1.94 bits per heavy atom. The van der Waals surface area contributed by atoms with Crippen LogP contribution in [0.2, 0.25) is 0 Å². The van der Waals surface area contributed by atoms with Gasteiger partial charge in [0.25, 0.3) is 0 Å². The quantitative estimate of drug-likeness (QED) is 0.769. The molecule has 0 unspecified atom stereocenters. The monoisotopic (exact) mass is 244 g/mol. The maximum atomic E-state index is 12.0. The Morgan fingerprint density at radius 3 is 2.44 bits per heavy atom. The molecule has 2 aromatic rings. The van der Waals surface area contributed by atoms with Crippen molar-refractivity contribution in [3.05, 3.63) is 41.2 Å². The molecular weight excluding hydrogens is 228 g/mol. The highest BCUT2D eigenvalue weighted by Crippen LogP contribution is 2.15. The average molecular weight is 244 g/mol. The van der Waals surface area contributed by atoms with E-state index >= 15 is 0 Å². The molecule has 0 atom stereocenters. The number of Topliss-reactive ketones (excluding diaryl/α,β-unsaturated/α-hetero) is 1. The predicted octanol–water partition coefficient (Wildman–Crippen LogP) is 1.76. The van der Waals surface area contributed by atoms with Crippen LogP contribution in [0.4, 0.5) is 0 Å². The molecule has 1 aromatic carbocycles. The second-order valence-electron chi connectivity index (χ2n) is 4.57. The number of ketones is 1. The van der Waals surface area contributed by atoms with Crippen molar-refractivity contribution in [2.75, 3.05) is 0 Å². The summed E-state index contributed by atoms with van der Waals surface area (Å²) >= 11 is 0. The highest BCUT2D eigenvalue weighted by molar-refractivity contribution is 5.97. The summed E-state index contributed by atoms with van der Waals surface area (Å²) in [5.41, 5.74) is 1.91. The van der Waals surface area contributed by atoms with Gasteiger partial charge in [0.2, 0.25) is 0 Å². The van der Waals surface area contributed by atoms with Gasteiger partial charge in [0.1, 0.15) is 0 Å². The van der Waals surface area contributed by atoms with E-state index in [1.165, 1.54) is 10.4 Å². The summed E-state index contributed by atoms with van der Waals surface area (Å²) in [5.74, 6) is 0.935. The van der Waals surface area contributed by atoms with Crippen molar-refractivity contribution in [1.29, 1.82) is 0 Å². The largest absolute Gasteiger partial charge is 0.294 e. The molecule has 0 radical (unpaired) electrons. The molecule has 5 heteroatoms. The van der Waals surface area contributed by atoms with E-state index in [0.717, 1.165) is 0 Å². The molecule has 0 aliphatic heterocycles. The number of aromatic nitrogens is 4. The summed E-state index contributed by atoms with van der Waals surface area (Å²) in [7, 11) is 1.68. The van der Waals surface area contributed by atoms with Crippen molar-refractivity contribution in [3.8, 4) is 0 Å². The number of tetrazole rings is 1. The highest BCUT2D eigenvalue weighted by Gasteiger charge is 2.11. The second kappa shape index (κ2) is 5.08. The number of carbonyl (C=O) groups is 1. The molecule has 1 heterocycles. The zero-order valence-electron chi connectivity index (χ0n) is 10.8. The highest BCUT2D eigenvalue weighted by atomic mass is 16.1. The van der Waals surface area contributed by atoms with Crippen LogP contribution in [0.5, 0.6) is 0 Å². The van der Waals surface area contributed by atoms with E-state index in [9.17, 15) is 4.79 Å². The van der Waals surface area contributed by atoms with Crippen LogP contribution in [0.25, 0.3) is 0 Å². The van der Waals surface area contributed by atoms with Crippen LogP contribution >= 0.6 is 0 Å². The first kappa shape index (κ1) is 12.4. The minimum atomic E-state index is 0.0123. The minimum absolute atomic E-state index is 0.0123. The normalized spacial score (nSPS) is 10.9. The third-order valence-corrected chi connectivity index (χ3v) is 2.77. The topological polar surface area (TPSA) is 60.7 Å². The lowest BCUT2D eigenvalue weighted by Gasteiger charge is -2.05. The standard InChI is InChI=1S/C13H16N4O/c1-9(2)10-4-6-11(7-5-10)12(18)8-13-14-16-17(3)15-13/h4-7,9H,8H2,1-3H3. The zero-order chi connectivity index (χ0) is 13.1. The Labute approximate surface area is 106 Å². The van der Waals surface area contributed by atoms with E-state index < -0.39 is 0 Å². The van der Waals surface area contributed by atoms with E-state index in [0.29, 0.717) is 17.3 Å². The van der Waals surface area contributed by atoms with Crippen LogP contribution in [0.3, 0.4) is 0 Å². The van der Waals surface area contributed by atoms with Crippen LogP contribution in [-0.2, 0) is 13.5 Å². The molecule has 94 valence electrons. The third kappa shape index (κ3) is 2.80. The fourth-order valence-corrected chi connectivity index (χ4v) is 1.69. The van der Waals surface area contributed by atoms with Gasteiger partial charge in [-0.3, -0.25) is 4.79 Å². The first-order chi connectivity index (χ1) is 8.56. The molecule has 0 spiro atoms. The van der Waals surface area contributed by atoms with Gasteiger partial charge in [-0.25, -0.2) is 0 Å². The smallest absolute Gasteiger partial charge is 0.182 e. The molecule has 2 rings (SSSR count). The second-order valence-corrected chi connectivity index (χ2v) is 4.57. The fraction of sp³-hybridized carbons (Fsp3) is 0.385. The first-order valence-electron chi connectivity index (χ1n) is 5.92. The molecule has 0 saturated heterocycles. The van der Waals surface area contributed by atoms with Crippen LogP contribution < -0.4 is 0 Å². The van der Waals surface area contributed by atoms with Gasteiger partial charge in [-0.05, 0) is 16.7 Å². The Bertz CT molecular complexity index is 542. The maximum absolute atomic E-state index is 12.0. The van der Waals surface area contributed by atoms with Gasteiger partial charge in [-0.2, -0.15) is 4.80 Å². The van der Waals surface area contributed by atoms with Crippen LogP contribution in [0, 0.1) is 0 Å². The molecule has 0 aliphatic carbocycles. The van der Waals surface area contributed by atoms with Gasteiger partial charge in [0.05, 0.1) is 13.5 Å². The number of aryl methyl sites for hydroxylation is 1. The summed E-state index contributed by atoms with van der Waals surface area (Å²) in [4.78, 5) is 13.3. The summed E-state index contributed by atoms with van der Waals surface area (Å²) in [6.45, 7) is 4.25. The van der Waals surface area contributed by atoms with E-state index in [2.05, 4.69) is 29.3 Å². The number of rotatable bonds is 4. The molecule has 0 fully saturated rings. The minimum Gasteiger partial charge on any atom is -0.294 e. The average Bonchev–Trinajstić information content (AvgIpc) is 2.75. The van der Waals surface area contributed by atoms with Crippen LogP contribution in [-0.4, -0.2) is 26.0 Å². The third-order valence-electron chi connectivity index (χ3n) is 2.77. The van der Waals surface area contributed by atoms with Gasteiger partial charge in [-0.15, -0.1) is 10.2 Å². The molecule has 5 nitrogen and oxygen atoms in total. The van der Waals surface area contributed by atoms with Crippen LogP contribution in [0.15, 0.2) is 24.3 Å². The van der Waals surface area contributed by atoms with E-state index in [4.69, 9.17) is 0 Å². The molecule has 0 bridgehead atoms. The predicted molar refractivity (Wildman–Crippen MR) is 67.4 cm³/mol. The Kier molecular flexibility index (Phi) is 3.50. The number of hydrogen-bond acceptors (Lipinski definition) is 4. The lowest BCUT2D eigenvalue weighted by atomic mass is 10.00. The first-order valence-corrected chi connectivity index (χ1v) is 5.92. The number of carbonyl (C=O) groups excluding carboxylic acids is 1. The zero-order valence-corrected chi connectivity index (χ0v) is 10.8. The summed E-state index contributed by atoms with van der Waals surface area (Å²) in [6.07, 6.45) is 0.189. The Balaban J connectivity index is 2.09. The molecule has 0 amide bonds. The Hall–Kier alpha value is -2.04. The van der Waals surface area contributed by atoms with Crippen molar-refractivity contribution in [3.63, 3.8) is 0 Å². The molecule has 0 saturated carbocycles. The van der Waals surface area contributed by atoms with Gasteiger partial charge in [0.15, 0.2) is 11.6 Å². The number of hydrogen-bond donors (Lipinski definition) is 0. The van der Waals surface area contributed by atoms with E-state index in [1.54, 1.807) is 7.05 Å². The van der Waals surface area contributed by atoms with E-state index in [1.807, 2.05) is 24.3 Å². The van der Waals surface area contributed by atoms with E-state index in [-0.39, 0.29) is 12.2 Å². The van der Waals surface area contributed by atoms with Crippen molar-refractivity contribution in [2.24, 2.45) is 7.05 Å². The summed E-state index contributed by atoms with van der Waals surface area (Å²) in [5, 5.41) is 11.5.